The Morgan fingerprint density at radius 1 is 0.767 bits per heavy atom. The van der Waals surface area contributed by atoms with Gasteiger partial charge in [-0.05, 0) is 29.5 Å². The van der Waals surface area contributed by atoms with Crippen LogP contribution in [0.2, 0.25) is 0 Å². The highest BCUT2D eigenvalue weighted by Crippen LogP contribution is 2.39. The van der Waals surface area contributed by atoms with E-state index in [1.807, 2.05) is 42.1 Å². The Morgan fingerprint density at radius 3 is 1.87 bits per heavy atom. The average Bonchev–Trinajstić information content (AvgIpc) is 3.24. The smallest absolute Gasteiger partial charge is 0.117 e. The van der Waals surface area contributed by atoms with Gasteiger partial charge in [0.05, 0.1) is 5.52 Å². The van der Waals surface area contributed by atoms with Crippen molar-refractivity contribution in [3.63, 3.8) is 0 Å². The first kappa shape index (κ1) is 20.2. The Labute approximate surface area is 182 Å². The molecular formula is C26H25N3S. The number of aromatic nitrogens is 3. The first-order valence-electron chi connectivity index (χ1n) is 10.1. The standard InChI is InChI=1S/C26H25N3S/c1-30-26(20-10-16-22-12-4-2-5-13-22,21-11-17-23-14-6-3-7-15-23)29-25-19-9-8-18-24(25)27-28-29/h2-19H,20-21H2,1H3/b16-10+,17-11+. The molecule has 0 radical (unpaired) electrons. The number of hydrogen-bond donors (Lipinski definition) is 0. The fourth-order valence-electron chi connectivity index (χ4n) is 3.57. The van der Waals surface area contributed by atoms with E-state index in [-0.39, 0.29) is 4.87 Å². The summed E-state index contributed by atoms with van der Waals surface area (Å²) >= 11 is 1.82. The molecular weight excluding hydrogens is 386 g/mol. The van der Waals surface area contributed by atoms with Gasteiger partial charge < -0.3 is 0 Å². The summed E-state index contributed by atoms with van der Waals surface area (Å²) < 4.78 is 2.09. The number of allylic oxidation sites excluding steroid dienone is 2. The van der Waals surface area contributed by atoms with Crippen LogP contribution in [0.3, 0.4) is 0 Å². The molecule has 0 bridgehead atoms. The van der Waals surface area contributed by atoms with E-state index in [9.17, 15) is 0 Å². The van der Waals surface area contributed by atoms with Gasteiger partial charge in [0.2, 0.25) is 0 Å². The van der Waals surface area contributed by atoms with Crippen molar-refractivity contribution in [1.29, 1.82) is 0 Å². The van der Waals surface area contributed by atoms with Crippen LogP contribution in [0, 0.1) is 0 Å². The van der Waals surface area contributed by atoms with Crippen molar-refractivity contribution >= 4 is 34.9 Å². The maximum absolute atomic E-state index is 4.57. The van der Waals surface area contributed by atoms with Crippen LogP contribution in [0.15, 0.2) is 97.1 Å². The van der Waals surface area contributed by atoms with E-state index >= 15 is 0 Å². The minimum absolute atomic E-state index is 0.257. The molecule has 0 amide bonds. The molecule has 3 aromatic carbocycles. The quantitative estimate of drug-likeness (QED) is 0.325. The van der Waals surface area contributed by atoms with Crippen molar-refractivity contribution in [2.45, 2.75) is 17.7 Å². The first-order chi connectivity index (χ1) is 14.8. The van der Waals surface area contributed by atoms with Crippen molar-refractivity contribution in [3.05, 3.63) is 108 Å². The van der Waals surface area contributed by atoms with Gasteiger partial charge in [-0.2, -0.15) is 0 Å². The van der Waals surface area contributed by atoms with E-state index in [2.05, 4.69) is 100 Å². The summed E-state index contributed by atoms with van der Waals surface area (Å²) in [6.45, 7) is 0. The number of hydrogen-bond acceptors (Lipinski definition) is 3. The van der Waals surface area contributed by atoms with Gasteiger partial charge in [0.25, 0.3) is 0 Å². The molecule has 0 fully saturated rings. The van der Waals surface area contributed by atoms with E-state index in [4.69, 9.17) is 0 Å². The molecule has 0 N–H and O–H groups in total. The molecule has 4 heteroatoms. The SMILES string of the molecule is CSC(C/C=C/c1ccccc1)(C/C=C/c1ccccc1)n1nnc2ccccc21. The molecule has 0 saturated carbocycles. The molecule has 0 atom stereocenters. The summed E-state index contributed by atoms with van der Waals surface area (Å²) in [7, 11) is 0. The monoisotopic (exact) mass is 411 g/mol. The van der Waals surface area contributed by atoms with E-state index < -0.39 is 0 Å². The van der Waals surface area contributed by atoms with Crippen LogP contribution in [0.4, 0.5) is 0 Å². The maximum Gasteiger partial charge on any atom is 0.117 e. The molecule has 30 heavy (non-hydrogen) atoms. The van der Waals surface area contributed by atoms with Gasteiger partial charge in [-0.15, -0.1) is 16.9 Å². The summed E-state index contributed by atoms with van der Waals surface area (Å²) in [6.07, 6.45) is 12.7. The number of fused-ring (bicyclic) bond motifs is 1. The van der Waals surface area contributed by atoms with Crippen molar-refractivity contribution in [2.24, 2.45) is 0 Å². The Morgan fingerprint density at radius 2 is 1.30 bits per heavy atom. The van der Waals surface area contributed by atoms with Crippen LogP contribution < -0.4 is 0 Å². The summed E-state index contributed by atoms with van der Waals surface area (Å²) in [5.41, 5.74) is 4.40. The average molecular weight is 412 g/mol. The highest BCUT2D eigenvalue weighted by Gasteiger charge is 2.31. The topological polar surface area (TPSA) is 30.7 Å². The number of para-hydroxylation sites is 1. The molecule has 0 unspecified atom stereocenters. The second kappa shape index (κ2) is 9.59. The molecule has 0 aliphatic carbocycles. The van der Waals surface area contributed by atoms with Gasteiger partial charge >= 0.3 is 0 Å². The van der Waals surface area contributed by atoms with Gasteiger partial charge in [-0.25, -0.2) is 4.68 Å². The van der Waals surface area contributed by atoms with Crippen LogP contribution in [-0.4, -0.2) is 21.2 Å². The van der Waals surface area contributed by atoms with E-state index in [0.29, 0.717) is 0 Å². The summed E-state index contributed by atoms with van der Waals surface area (Å²) in [5, 5.41) is 8.98. The zero-order valence-corrected chi connectivity index (χ0v) is 17.9. The Hall–Kier alpha value is -3.11. The van der Waals surface area contributed by atoms with Crippen molar-refractivity contribution in [3.8, 4) is 0 Å². The highest BCUT2D eigenvalue weighted by atomic mass is 32.2. The number of thioether (sulfide) groups is 1. The lowest BCUT2D eigenvalue weighted by Crippen LogP contribution is -2.30. The molecule has 0 saturated heterocycles. The molecule has 3 nitrogen and oxygen atoms in total. The molecule has 1 aromatic heterocycles. The predicted molar refractivity (Wildman–Crippen MR) is 129 cm³/mol. The van der Waals surface area contributed by atoms with Crippen LogP contribution in [0.5, 0.6) is 0 Å². The number of rotatable bonds is 8. The largest absolute Gasteiger partial charge is 0.228 e. The van der Waals surface area contributed by atoms with Crippen LogP contribution in [0.25, 0.3) is 23.2 Å². The molecule has 0 aliphatic rings. The van der Waals surface area contributed by atoms with Gasteiger partial charge in [0.1, 0.15) is 10.4 Å². The van der Waals surface area contributed by atoms with Gasteiger partial charge in [0, 0.05) is 12.8 Å². The minimum Gasteiger partial charge on any atom is -0.228 e. The summed E-state index contributed by atoms with van der Waals surface area (Å²) in [4.78, 5) is -0.257. The maximum atomic E-state index is 4.57. The lowest BCUT2D eigenvalue weighted by Gasteiger charge is -2.30. The molecule has 0 aliphatic heterocycles. The molecule has 1 heterocycles. The summed E-state index contributed by atoms with van der Waals surface area (Å²) in [5.74, 6) is 0. The molecule has 150 valence electrons. The van der Waals surface area contributed by atoms with Crippen molar-refractivity contribution in [2.75, 3.05) is 6.26 Å². The second-order valence-corrected chi connectivity index (χ2v) is 8.34. The molecule has 0 spiro atoms. The zero-order valence-electron chi connectivity index (χ0n) is 17.1. The number of benzene rings is 3. The molecule has 4 rings (SSSR count). The zero-order chi connectivity index (χ0) is 20.7. The predicted octanol–water partition coefficient (Wildman–Crippen LogP) is 6.65. The van der Waals surface area contributed by atoms with Gasteiger partial charge in [-0.1, -0.05) is 102 Å². The third-order valence-electron chi connectivity index (χ3n) is 5.21. The van der Waals surface area contributed by atoms with E-state index in [1.165, 1.54) is 11.1 Å². The second-order valence-electron chi connectivity index (χ2n) is 7.17. The summed E-state index contributed by atoms with van der Waals surface area (Å²) in [6, 6.07) is 29.0. The fraction of sp³-hybridized carbons (Fsp3) is 0.154. The number of nitrogens with zero attached hydrogens (tertiary/aromatic N) is 3. The van der Waals surface area contributed by atoms with Crippen LogP contribution in [0.1, 0.15) is 24.0 Å². The van der Waals surface area contributed by atoms with Crippen molar-refractivity contribution in [1.82, 2.24) is 15.0 Å². The third-order valence-corrected chi connectivity index (χ3v) is 6.48. The Bertz CT molecular complexity index is 1080. The minimum atomic E-state index is -0.257. The third kappa shape index (κ3) is 4.55. The lowest BCUT2D eigenvalue weighted by molar-refractivity contribution is 0.412. The fourth-order valence-corrected chi connectivity index (χ4v) is 4.40. The van der Waals surface area contributed by atoms with E-state index in [0.717, 1.165) is 23.9 Å². The van der Waals surface area contributed by atoms with Crippen molar-refractivity contribution < 1.29 is 0 Å². The van der Waals surface area contributed by atoms with Gasteiger partial charge in [0.15, 0.2) is 0 Å². The lowest BCUT2D eigenvalue weighted by atomic mass is 10.1. The van der Waals surface area contributed by atoms with E-state index in [1.54, 1.807) is 0 Å². The Kier molecular flexibility index (Phi) is 6.45. The van der Waals surface area contributed by atoms with Crippen LogP contribution >= 0.6 is 11.8 Å². The first-order valence-corrected chi connectivity index (χ1v) is 11.3. The molecule has 4 aromatic rings. The van der Waals surface area contributed by atoms with Crippen LogP contribution in [-0.2, 0) is 4.87 Å². The van der Waals surface area contributed by atoms with Gasteiger partial charge in [-0.3, -0.25) is 0 Å². The highest BCUT2D eigenvalue weighted by molar-refractivity contribution is 7.99. The normalized spacial score (nSPS) is 12.3. The Balaban J connectivity index is 1.67.